The lowest BCUT2D eigenvalue weighted by Crippen LogP contribution is -2.39. The summed E-state index contributed by atoms with van der Waals surface area (Å²) in [6, 6.07) is 18.5. The van der Waals surface area contributed by atoms with E-state index in [1.165, 1.54) is 26.4 Å². The molecule has 5 heteroatoms. The van der Waals surface area contributed by atoms with E-state index >= 15 is 0 Å². The quantitative estimate of drug-likeness (QED) is 0.393. The van der Waals surface area contributed by atoms with E-state index in [0.717, 1.165) is 29.9 Å². The molecule has 1 aliphatic rings. The first-order chi connectivity index (χ1) is 14.0. The first-order valence-corrected chi connectivity index (χ1v) is 12.0. The number of benzene rings is 2. The Morgan fingerprint density at radius 2 is 1.55 bits per heavy atom. The Kier molecular flexibility index (Phi) is 7.46. The first kappa shape index (κ1) is 21.5. The molecule has 3 rings (SSSR count). The Morgan fingerprint density at radius 3 is 2.03 bits per heavy atom. The lowest BCUT2D eigenvalue weighted by molar-refractivity contribution is -0.136. The standard InChI is InChI=1S/C24H30NO3P/c1-19(24(26)28-2)23(18-20-12-6-3-7-13-20)25-29(27,21-14-8-4-9-15-21)22-16-10-5-11-17-22/h4-5,8-11,14-17,20,23H,1,3,6-7,12-13,18H2,2H3,(H,25,27)/t23-/m1/s1. The summed E-state index contributed by atoms with van der Waals surface area (Å²) < 4.78 is 19.3. The third-order valence-electron chi connectivity index (χ3n) is 5.74. The Hall–Kier alpha value is -2.16. The van der Waals surface area contributed by atoms with Crippen LogP contribution in [0.3, 0.4) is 0 Å². The molecule has 0 aliphatic heterocycles. The number of carbonyl (C=O) groups is 1. The number of esters is 1. The van der Waals surface area contributed by atoms with Crippen LogP contribution in [0.15, 0.2) is 72.8 Å². The minimum atomic E-state index is -3.17. The largest absolute Gasteiger partial charge is 0.466 e. The van der Waals surface area contributed by atoms with E-state index in [1.807, 2.05) is 60.7 Å². The predicted molar refractivity (Wildman–Crippen MR) is 119 cm³/mol. The molecule has 0 radical (unpaired) electrons. The van der Waals surface area contributed by atoms with E-state index in [2.05, 4.69) is 11.7 Å². The Morgan fingerprint density at radius 1 is 1.03 bits per heavy atom. The first-order valence-electron chi connectivity index (χ1n) is 10.3. The summed E-state index contributed by atoms with van der Waals surface area (Å²) in [5.74, 6) is 0.0358. The Balaban J connectivity index is 1.97. The van der Waals surface area contributed by atoms with Gasteiger partial charge in [-0.2, -0.15) is 0 Å². The fraction of sp³-hybridized carbons (Fsp3) is 0.375. The van der Waals surface area contributed by atoms with Gasteiger partial charge in [0.05, 0.1) is 7.11 Å². The van der Waals surface area contributed by atoms with Crippen LogP contribution in [0, 0.1) is 5.92 Å². The van der Waals surface area contributed by atoms with Gasteiger partial charge in [0, 0.05) is 22.2 Å². The average Bonchev–Trinajstić information content (AvgIpc) is 2.79. The van der Waals surface area contributed by atoms with Crippen LogP contribution in [-0.2, 0) is 14.1 Å². The SMILES string of the molecule is C=C(C(=O)OC)[C@@H](CC1CCCCC1)NP(=O)(c1ccccc1)c1ccccc1. The highest BCUT2D eigenvalue weighted by atomic mass is 31.2. The van der Waals surface area contributed by atoms with E-state index in [-0.39, 0.29) is 0 Å². The lowest BCUT2D eigenvalue weighted by Gasteiger charge is -2.31. The highest BCUT2D eigenvalue weighted by molar-refractivity contribution is 7.77. The molecule has 1 saturated carbocycles. The lowest BCUT2D eigenvalue weighted by atomic mass is 9.83. The maximum absolute atomic E-state index is 14.4. The molecule has 1 fully saturated rings. The summed E-state index contributed by atoms with van der Waals surface area (Å²) in [5, 5.41) is 4.82. The Labute approximate surface area is 173 Å². The van der Waals surface area contributed by atoms with Gasteiger partial charge in [-0.05, 0) is 36.6 Å². The molecule has 154 valence electrons. The molecule has 1 N–H and O–H groups in total. The number of nitrogens with one attached hydrogen (secondary N) is 1. The van der Waals surface area contributed by atoms with Crippen LogP contribution in [-0.4, -0.2) is 19.1 Å². The maximum Gasteiger partial charge on any atom is 0.334 e. The smallest absolute Gasteiger partial charge is 0.334 e. The fourth-order valence-corrected chi connectivity index (χ4v) is 6.58. The van der Waals surface area contributed by atoms with E-state index < -0.39 is 19.3 Å². The monoisotopic (exact) mass is 411 g/mol. The fourth-order valence-electron chi connectivity index (χ4n) is 4.10. The van der Waals surface area contributed by atoms with Crippen LogP contribution < -0.4 is 15.7 Å². The molecule has 2 aromatic carbocycles. The summed E-state index contributed by atoms with van der Waals surface area (Å²) in [4.78, 5) is 12.3. The second kappa shape index (κ2) is 10.0. The topological polar surface area (TPSA) is 55.4 Å². The van der Waals surface area contributed by atoms with E-state index in [4.69, 9.17) is 4.74 Å². The molecule has 0 bridgehead atoms. The van der Waals surface area contributed by atoms with Crippen molar-refractivity contribution in [2.75, 3.05) is 7.11 Å². The van der Waals surface area contributed by atoms with Gasteiger partial charge in [-0.15, -0.1) is 0 Å². The van der Waals surface area contributed by atoms with Gasteiger partial charge >= 0.3 is 5.97 Å². The van der Waals surface area contributed by atoms with Crippen LogP contribution in [0.4, 0.5) is 0 Å². The van der Waals surface area contributed by atoms with Gasteiger partial charge in [-0.1, -0.05) is 75.1 Å². The highest BCUT2D eigenvalue weighted by Gasteiger charge is 2.34. The van der Waals surface area contributed by atoms with Gasteiger partial charge < -0.3 is 4.74 Å². The normalized spacial score (nSPS) is 16.2. The molecule has 1 aliphatic carbocycles. The number of hydrogen-bond donors (Lipinski definition) is 1. The van der Waals surface area contributed by atoms with Crippen LogP contribution in [0.2, 0.25) is 0 Å². The average molecular weight is 411 g/mol. The summed E-state index contributed by atoms with van der Waals surface area (Å²) in [5.41, 5.74) is 0.338. The van der Waals surface area contributed by atoms with Crippen LogP contribution >= 0.6 is 7.29 Å². The predicted octanol–water partition coefficient (Wildman–Crippen LogP) is 4.57. The zero-order valence-electron chi connectivity index (χ0n) is 17.0. The third-order valence-corrected chi connectivity index (χ3v) is 8.47. The van der Waals surface area contributed by atoms with Crippen molar-refractivity contribution >= 4 is 23.9 Å². The molecule has 4 nitrogen and oxygen atoms in total. The number of hydrogen-bond acceptors (Lipinski definition) is 3. The van der Waals surface area contributed by atoms with Gasteiger partial charge in [0.15, 0.2) is 0 Å². The highest BCUT2D eigenvalue weighted by Crippen LogP contribution is 2.41. The van der Waals surface area contributed by atoms with Gasteiger partial charge in [0.2, 0.25) is 7.29 Å². The number of methoxy groups -OCH3 is 1. The van der Waals surface area contributed by atoms with Gasteiger partial charge in [0.25, 0.3) is 0 Å². The Bertz CT molecular complexity index is 817. The maximum atomic E-state index is 14.4. The summed E-state index contributed by atoms with van der Waals surface area (Å²) in [6.45, 7) is 4.00. The molecule has 0 heterocycles. The molecule has 2 aromatic rings. The van der Waals surface area contributed by atoms with Crippen molar-refractivity contribution in [3.63, 3.8) is 0 Å². The van der Waals surface area contributed by atoms with E-state index in [9.17, 15) is 9.36 Å². The van der Waals surface area contributed by atoms with Crippen molar-refractivity contribution in [3.05, 3.63) is 72.8 Å². The van der Waals surface area contributed by atoms with E-state index in [0.29, 0.717) is 11.5 Å². The van der Waals surface area contributed by atoms with Crippen molar-refractivity contribution < 1.29 is 14.1 Å². The van der Waals surface area contributed by atoms with Crippen LogP contribution in [0.1, 0.15) is 38.5 Å². The number of ether oxygens (including phenoxy) is 1. The zero-order chi connectivity index (χ0) is 20.7. The molecule has 0 saturated heterocycles. The van der Waals surface area contributed by atoms with Crippen molar-refractivity contribution in [2.45, 2.75) is 44.6 Å². The molecule has 0 amide bonds. The molecular formula is C24H30NO3P. The molecule has 29 heavy (non-hydrogen) atoms. The summed E-state index contributed by atoms with van der Waals surface area (Å²) >= 11 is 0. The number of rotatable bonds is 8. The second-order valence-electron chi connectivity index (χ2n) is 7.72. The van der Waals surface area contributed by atoms with Crippen LogP contribution in [0.5, 0.6) is 0 Å². The van der Waals surface area contributed by atoms with Crippen molar-refractivity contribution in [2.24, 2.45) is 5.92 Å². The van der Waals surface area contributed by atoms with Crippen molar-refractivity contribution in [1.82, 2.24) is 5.09 Å². The van der Waals surface area contributed by atoms with Crippen molar-refractivity contribution in [3.8, 4) is 0 Å². The molecular weight excluding hydrogens is 381 g/mol. The second-order valence-corrected chi connectivity index (χ2v) is 10.2. The minimum Gasteiger partial charge on any atom is -0.466 e. The molecule has 1 atom stereocenters. The van der Waals surface area contributed by atoms with Crippen molar-refractivity contribution in [1.29, 1.82) is 0 Å². The van der Waals surface area contributed by atoms with Gasteiger partial charge in [-0.3, -0.25) is 9.65 Å². The summed E-state index contributed by atoms with van der Waals surface area (Å²) in [7, 11) is -1.81. The molecule has 0 unspecified atom stereocenters. The number of carbonyl (C=O) groups excluding carboxylic acids is 1. The molecule has 0 spiro atoms. The summed E-state index contributed by atoms with van der Waals surface area (Å²) in [6.07, 6.45) is 6.67. The van der Waals surface area contributed by atoms with Gasteiger partial charge in [0.1, 0.15) is 0 Å². The zero-order valence-corrected chi connectivity index (χ0v) is 17.9. The van der Waals surface area contributed by atoms with Crippen LogP contribution in [0.25, 0.3) is 0 Å². The molecule has 0 aromatic heterocycles. The van der Waals surface area contributed by atoms with Gasteiger partial charge in [-0.25, -0.2) is 4.79 Å². The minimum absolute atomic E-state index is 0.338. The van der Waals surface area contributed by atoms with E-state index in [1.54, 1.807) is 0 Å². The third kappa shape index (κ3) is 5.26.